The van der Waals surface area contributed by atoms with Gasteiger partial charge in [-0.05, 0) is 0 Å². The second kappa shape index (κ2) is 8.84. The standard InChI is InChI=1S/C14H26N2O10/c1-4(19)16-8-10(21)12(6(3-18)24-13(8)23)26-14-11(22)9(20)7(15)5(2-17)25-14/h5-14,17-18,20-23H,2-3,15H2,1H3,(H,16,19)/t5-,6-,7-,8-,9+,10-,11-,12-,13?,14?/m1/s1. The molecule has 12 nitrogen and oxygen atoms in total. The van der Waals surface area contributed by atoms with Crippen LogP contribution in [0.2, 0.25) is 0 Å². The molecule has 26 heavy (non-hydrogen) atoms. The van der Waals surface area contributed by atoms with Gasteiger partial charge in [-0.1, -0.05) is 0 Å². The van der Waals surface area contributed by atoms with Crippen molar-refractivity contribution in [3.8, 4) is 0 Å². The Hall–Kier alpha value is -0.930. The maximum absolute atomic E-state index is 11.2. The van der Waals surface area contributed by atoms with Crippen molar-refractivity contribution in [3.05, 3.63) is 0 Å². The predicted molar refractivity (Wildman–Crippen MR) is 82.2 cm³/mol. The van der Waals surface area contributed by atoms with Crippen LogP contribution in [0.25, 0.3) is 0 Å². The van der Waals surface area contributed by atoms with E-state index < -0.39 is 80.4 Å². The molecule has 2 aliphatic rings. The zero-order valence-electron chi connectivity index (χ0n) is 14.1. The highest BCUT2D eigenvalue weighted by molar-refractivity contribution is 5.73. The van der Waals surface area contributed by atoms with E-state index in [1.807, 2.05) is 0 Å². The van der Waals surface area contributed by atoms with E-state index >= 15 is 0 Å². The molecule has 0 aromatic heterocycles. The van der Waals surface area contributed by atoms with E-state index in [4.69, 9.17) is 19.9 Å². The molecule has 152 valence electrons. The minimum atomic E-state index is -1.61. The maximum atomic E-state index is 11.2. The van der Waals surface area contributed by atoms with E-state index in [2.05, 4.69) is 5.32 Å². The third-order valence-electron chi connectivity index (χ3n) is 4.47. The van der Waals surface area contributed by atoms with Crippen LogP contribution < -0.4 is 11.1 Å². The average Bonchev–Trinajstić information content (AvgIpc) is 2.60. The molecular weight excluding hydrogens is 356 g/mol. The molecule has 0 aliphatic carbocycles. The Morgan fingerprint density at radius 3 is 2.19 bits per heavy atom. The van der Waals surface area contributed by atoms with Gasteiger partial charge in [0.1, 0.15) is 42.7 Å². The topological polar surface area (TPSA) is 204 Å². The van der Waals surface area contributed by atoms with Crippen LogP contribution in [0.15, 0.2) is 0 Å². The normalized spacial score (nSPS) is 46.8. The van der Waals surface area contributed by atoms with Crippen molar-refractivity contribution in [1.29, 1.82) is 0 Å². The molecule has 0 radical (unpaired) electrons. The second-order valence-electron chi connectivity index (χ2n) is 6.35. The summed E-state index contributed by atoms with van der Waals surface area (Å²) < 4.78 is 15.9. The number of amides is 1. The van der Waals surface area contributed by atoms with E-state index in [0.717, 1.165) is 0 Å². The highest BCUT2D eigenvalue weighted by atomic mass is 16.7. The SMILES string of the molecule is CC(=O)N[C@H]1C(O)O[C@H](CO)[C@@H](OC2O[C@H](CO)[C@@H](N)[C@H](O)[C@H]2O)[C@@H]1O. The second-order valence-corrected chi connectivity index (χ2v) is 6.35. The van der Waals surface area contributed by atoms with E-state index in [1.54, 1.807) is 0 Å². The molecule has 2 heterocycles. The number of nitrogens with two attached hydrogens (primary N) is 1. The molecule has 2 fully saturated rings. The number of hydrogen-bond donors (Lipinski definition) is 8. The summed E-state index contributed by atoms with van der Waals surface area (Å²) in [5, 5.41) is 61.4. The van der Waals surface area contributed by atoms with Gasteiger partial charge in [-0.25, -0.2) is 0 Å². The summed E-state index contributed by atoms with van der Waals surface area (Å²) in [6.07, 6.45) is -11.3. The molecule has 2 unspecified atom stereocenters. The molecule has 0 spiro atoms. The van der Waals surface area contributed by atoms with Crippen molar-refractivity contribution in [1.82, 2.24) is 5.32 Å². The Bertz CT molecular complexity index is 481. The number of aliphatic hydroxyl groups excluding tert-OH is 6. The summed E-state index contributed by atoms with van der Waals surface area (Å²) in [5.74, 6) is -0.548. The number of rotatable bonds is 5. The van der Waals surface area contributed by atoms with Crippen LogP contribution in [0.4, 0.5) is 0 Å². The molecule has 1 amide bonds. The van der Waals surface area contributed by atoms with E-state index in [9.17, 15) is 35.4 Å². The lowest BCUT2D eigenvalue weighted by Gasteiger charge is -2.46. The quantitative estimate of drug-likeness (QED) is 0.225. The van der Waals surface area contributed by atoms with Crippen LogP contribution in [-0.4, -0.2) is 111 Å². The zero-order valence-corrected chi connectivity index (χ0v) is 14.1. The lowest BCUT2D eigenvalue weighted by molar-refractivity contribution is -0.334. The van der Waals surface area contributed by atoms with E-state index in [-0.39, 0.29) is 0 Å². The van der Waals surface area contributed by atoms with Crippen molar-refractivity contribution in [3.63, 3.8) is 0 Å². The van der Waals surface area contributed by atoms with Gasteiger partial charge in [-0.15, -0.1) is 0 Å². The number of carbonyl (C=O) groups excluding carboxylic acids is 1. The summed E-state index contributed by atoms with van der Waals surface area (Å²) in [6, 6.07) is -2.33. The minimum Gasteiger partial charge on any atom is -0.394 e. The molecular formula is C14H26N2O10. The highest BCUT2D eigenvalue weighted by Gasteiger charge is 2.50. The largest absolute Gasteiger partial charge is 0.394 e. The lowest BCUT2D eigenvalue weighted by Crippen LogP contribution is -2.68. The van der Waals surface area contributed by atoms with Crippen molar-refractivity contribution >= 4 is 5.91 Å². The third-order valence-corrected chi connectivity index (χ3v) is 4.47. The van der Waals surface area contributed by atoms with Gasteiger partial charge in [0.15, 0.2) is 12.6 Å². The maximum Gasteiger partial charge on any atom is 0.217 e. The van der Waals surface area contributed by atoms with Crippen LogP contribution >= 0.6 is 0 Å². The lowest BCUT2D eigenvalue weighted by atomic mass is 9.95. The fraction of sp³-hybridized carbons (Fsp3) is 0.929. The fourth-order valence-corrected chi connectivity index (χ4v) is 3.02. The molecule has 0 aromatic carbocycles. The first-order valence-corrected chi connectivity index (χ1v) is 8.14. The van der Waals surface area contributed by atoms with E-state index in [1.165, 1.54) is 6.92 Å². The first kappa shape index (κ1) is 21.4. The van der Waals surface area contributed by atoms with Gasteiger partial charge in [-0.2, -0.15) is 0 Å². The van der Waals surface area contributed by atoms with Crippen molar-refractivity contribution < 1.29 is 49.6 Å². The number of nitrogens with one attached hydrogen (secondary N) is 1. The molecule has 2 saturated heterocycles. The van der Waals surface area contributed by atoms with Crippen molar-refractivity contribution in [2.45, 2.75) is 68.2 Å². The van der Waals surface area contributed by atoms with E-state index in [0.29, 0.717) is 0 Å². The number of hydrogen-bond acceptors (Lipinski definition) is 11. The molecule has 0 aromatic rings. The van der Waals surface area contributed by atoms with Gasteiger partial charge in [0.2, 0.25) is 5.91 Å². The van der Waals surface area contributed by atoms with Gasteiger partial charge < -0.3 is 55.9 Å². The van der Waals surface area contributed by atoms with Crippen LogP contribution in [0.1, 0.15) is 6.92 Å². The molecule has 2 rings (SSSR count). The molecule has 12 heteroatoms. The Morgan fingerprint density at radius 1 is 1.04 bits per heavy atom. The average molecular weight is 382 g/mol. The van der Waals surface area contributed by atoms with Crippen LogP contribution in [0.3, 0.4) is 0 Å². The Morgan fingerprint density at radius 2 is 1.65 bits per heavy atom. The van der Waals surface area contributed by atoms with Crippen LogP contribution in [0.5, 0.6) is 0 Å². The predicted octanol–water partition coefficient (Wildman–Crippen LogP) is -5.29. The molecule has 2 aliphatic heterocycles. The van der Waals surface area contributed by atoms with Crippen molar-refractivity contribution in [2.75, 3.05) is 13.2 Å². The summed E-state index contributed by atoms with van der Waals surface area (Å²) in [6.45, 7) is -0.0316. The minimum absolute atomic E-state index is 0.548. The fourth-order valence-electron chi connectivity index (χ4n) is 3.02. The Kier molecular flexibility index (Phi) is 7.27. The first-order chi connectivity index (χ1) is 12.2. The zero-order chi connectivity index (χ0) is 19.6. The molecule has 0 bridgehead atoms. The smallest absolute Gasteiger partial charge is 0.217 e. The Labute approximate surface area is 149 Å². The summed E-state index contributed by atoms with van der Waals surface area (Å²) in [5.41, 5.74) is 5.65. The van der Waals surface area contributed by atoms with Gasteiger partial charge in [0, 0.05) is 6.92 Å². The van der Waals surface area contributed by atoms with Gasteiger partial charge in [-0.3, -0.25) is 4.79 Å². The number of ether oxygens (including phenoxy) is 3. The third kappa shape index (κ3) is 4.31. The van der Waals surface area contributed by atoms with Crippen LogP contribution in [0, 0.1) is 0 Å². The van der Waals surface area contributed by atoms with Gasteiger partial charge in [0.25, 0.3) is 0 Å². The van der Waals surface area contributed by atoms with Crippen LogP contribution in [-0.2, 0) is 19.0 Å². The summed E-state index contributed by atoms with van der Waals surface area (Å²) >= 11 is 0. The van der Waals surface area contributed by atoms with Gasteiger partial charge >= 0.3 is 0 Å². The highest BCUT2D eigenvalue weighted by Crippen LogP contribution is 2.28. The van der Waals surface area contributed by atoms with Gasteiger partial charge in [0.05, 0.1) is 19.3 Å². The summed E-state index contributed by atoms with van der Waals surface area (Å²) in [4.78, 5) is 11.2. The van der Waals surface area contributed by atoms with Crippen molar-refractivity contribution in [2.24, 2.45) is 5.73 Å². The molecule has 10 atom stereocenters. The first-order valence-electron chi connectivity index (χ1n) is 8.14. The summed E-state index contributed by atoms with van der Waals surface area (Å²) in [7, 11) is 0. The Balaban J connectivity index is 2.16. The number of aliphatic hydroxyl groups is 6. The monoisotopic (exact) mass is 382 g/mol. The molecule has 0 saturated carbocycles. The number of carbonyl (C=O) groups is 1. The molecule has 9 N–H and O–H groups in total.